The fourth-order valence-electron chi connectivity index (χ4n) is 3.19. The van der Waals surface area contributed by atoms with Crippen LogP contribution in [-0.2, 0) is 13.1 Å². The van der Waals surface area contributed by atoms with E-state index in [1.807, 2.05) is 18.4 Å². The Kier molecular flexibility index (Phi) is 9.45. The van der Waals surface area contributed by atoms with Crippen LogP contribution in [0.4, 0.5) is 0 Å². The highest BCUT2D eigenvalue weighted by Gasteiger charge is 2.19. The van der Waals surface area contributed by atoms with E-state index in [9.17, 15) is 9.59 Å². The lowest BCUT2D eigenvalue weighted by molar-refractivity contribution is 0.0947. The molecule has 9 heteroatoms. The number of nitrogens with zero attached hydrogens (tertiary/aromatic N) is 2. The minimum Gasteiger partial charge on any atom is -0.346 e. The average Bonchev–Trinajstić information content (AvgIpc) is 3.02. The third kappa shape index (κ3) is 6.04. The summed E-state index contributed by atoms with van der Waals surface area (Å²) in [5.41, 5.74) is 1.55. The second-order valence-electron chi connectivity index (χ2n) is 6.58. The Morgan fingerprint density at radius 1 is 1.41 bits per heavy atom. The van der Waals surface area contributed by atoms with Crippen molar-refractivity contribution in [3.05, 3.63) is 49.8 Å². The Labute approximate surface area is 175 Å². The number of nitrogens with one attached hydrogen (secondary N) is 2. The van der Waals surface area contributed by atoms with Gasteiger partial charge in [-0.3, -0.25) is 9.59 Å². The molecule has 1 unspecified atom stereocenters. The van der Waals surface area contributed by atoms with Crippen LogP contribution in [0.25, 0.3) is 0 Å². The van der Waals surface area contributed by atoms with Crippen LogP contribution in [0.1, 0.15) is 39.5 Å². The van der Waals surface area contributed by atoms with Crippen molar-refractivity contribution in [3.8, 4) is 0 Å². The number of thiazole rings is 1. The molecule has 0 bridgehead atoms. The third-order valence-electron chi connectivity index (χ3n) is 4.55. The molecule has 2 N–H and O–H groups in total. The van der Waals surface area contributed by atoms with E-state index >= 15 is 0 Å². The molecule has 0 spiro atoms. The molecule has 2 aromatic heterocycles. The van der Waals surface area contributed by atoms with Crippen molar-refractivity contribution in [2.45, 2.75) is 39.8 Å². The van der Waals surface area contributed by atoms with Gasteiger partial charge in [0.25, 0.3) is 11.5 Å². The number of aryl methyl sites for hydroxylation is 2. The van der Waals surface area contributed by atoms with E-state index in [0.29, 0.717) is 24.6 Å². The lowest BCUT2D eigenvalue weighted by atomic mass is 9.99. The maximum atomic E-state index is 12.8. The molecule has 0 radical (unpaired) electrons. The number of amides is 1. The number of hydrogen-bond donors (Lipinski definition) is 2. The van der Waals surface area contributed by atoms with Crippen molar-refractivity contribution in [1.29, 1.82) is 0 Å². The number of piperidine rings is 1. The molecule has 0 aromatic carbocycles. The molecular formula is C18H26Cl2N4O2S. The third-order valence-corrected chi connectivity index (χ3v) is 5.37. The van der Waals surface area contributed by atoms with Crippen LogP contribution in [0.3, 0.4) is 0 Å². The smallest absolute Gasteiger partial charge is 0.263 e. The van der Waals surface area contributed by atoms with Gasteiger partial charge in [0.05, 0.1) is 17.2 Å². The molecule has 3 rings (SSSR count). The number of rotatable bonds is 5. The Hall–Kier alpha value is -1.41. The molecule has 3 heterocycles. The predicted octanol–water partition coefficient (Wildman–Crippen LogP) is 2.69. The minimum absolute atomic E-state index is 0. The first-order chi connectivity index (χ1) is 12.0. The number of carbonyl (C=O) groups is 1. The van der Waals surface area contributed by atoms with Crippen molar-refractivity contribution in [3.63, 3.8) is 0 Å². The fraction of sp³-hybridized carbons (Fsp3) is 0.500. The van der Waals surface area contributed by atoms with Crippen LogP contribution in [-0.4, -0.2) is 28.5 Å². The number of hydrogen-bond acceptors (Lipinski definition) is 5. The van der Waals surface area contributed by atoms with Crippen molar-refractivity contribution < 1.29 is 4.79 Å². The van der Waals surface area contributed by atoms with E-state index in [1.54, 1.807) is 29.0 Å². The van der Waals surface area contributed by atoms with Gasteiger partial charge in [-0.1, -0.05) is 0 Å². The van der Waals surface area contributed by atoms with Crippen LogP contribution in [0, 0.1) is 19.8 Å². The maximum Gasteiger partial charge on any atom is 0.263 e. The summed E-state index contributed by atoms with van der Waals surface area (Å²) in [6.45, 7) is 6.68. The molecule has 27 heavy (non-hydrogen) atoms. The molecule has 150 valence electrons. The van der Waals surface area contributed by atoms with Gasteiger partial charge >= 0.3 is 0 Å². The number of aromatic nitrogens is 2. The molecule has 1 aliphatic heterocycles. The van der Waals surface area contributed by atoms with Gasteiger partial charge in [-0.2, -0.15) is 0 Å². The summed E-state index contributed by atoms with van der Waals surface area (Å²) in [5, 5.41) is 9.06. The van der Waals surface area contributed by atoms with Gasteiger partial charge in [0.1, 0.15) is 5.56 Å². The van der Waals surface area contributed by atoms with Gasteiger partial charge in [0, 0.05) is 18.1 Å². The van der Waals surface area contributed by atoms with Crippen molar-refractivity contribution in [2.24, 2.45) is 5.92 Å². The van der Waals surface area contributed by atoms with Crippen LogP contribution in [0.2, 0.25) is 0 Å². The lowest BCUT2D eigenvalue weighted by Gasteiger charge is -2.23. The fourth-order valence-corrected chi connectivity index (χ4v) is 3.80. The zero-order valence-corrected chi connectivity index (χ0v) is 17.9. The summed E-state index contributed by atoms with van der Waals surface area (Å²) in [5.74, 6) is 0.104. The zero-order chi connectivity index (χ0) is 17.8. The normalized spacial score (nSPS) is 16.1. The van der Waals surface area contributed by atoms with Crippen LogP contribution in [0.5, 0.6) is 0 Å². The summed E-state index contributed by atoms with van der Waals surface area (Å²) < 4.78 is 1.67. The first kappa shape index (κ1) is 23.6. The van der Waals surface area contributed by atoms with Crippen LogP contribution >= 0.6 is 36.2 Å². The molecule has 1 amide bonds. The molecule has 0 aliphatic carbocycles. The average molecular weight is 433 g/mol. The van der Waals surface area contributed by atoms with E-state index in [4.69, 9.17) is 0 Å². The first-order valence-electron chi connectivity index (χ1n) is 8.64. The number of halogens is 2. The van der Waals surface area contributed by atoms with Gasteiger partial charge in [0.2, 0.25) is 0 Å². The summed E-state index contributed by atoms with van der Waals surface area (Å²) in [6, 6.07) is 1.85. The number of pyridine rings is 1. The van der Waals surface area contributed by atoms with Crippen LogP contribution < -0.4 is 16.2 Å². The molecule has 1 aliphatic rings. The highest BCUT2D eigenvalue weighted by molar-refractivity contribution is 7.09. The zero-order valence-electron chi connectivity index (χ0n) is 15.5. The first-order valence-corrected chi connectivity index (χ1v) is 9.52. The van der Waals surface area contributed by atoms with Gasteiger partial charge in [-0.25, -0.2) is 4.98 Å². The lowest BCUT2D eigenvalue weighted by Crippen LogP contribution is -2.37. The molecule has 0 saturated carbocycles. The van der Waals surface area contributed by atoms with E-state index < -0.39 is 0 Å². The van der Waals surface area contributed by atoms with Crippen molar-refractivity contribution >= 4 is 42.1 Å². The second kappa shape index (κ2) is 10.8. The van der Waals surface area contributed by atoms with E-state index in [-0.39, 0.29) is 41.8 Å². The van der Waals surface area contributed by atoms with Gasteiger partial charge < -0.3 is 15.2 Å². The van der Waals surface area contributed by atoms with Crippen molar-refractivity contribution in [2.75, 3.05) is 13.1 Å². The topological polar surface area (TPSA) is 76.0 Å². The van der Waals surface area contributed by atoms with Crippen LogP contribution in [0.15, 0.2) is 22.4 Å². The van der Waals surface area contributed by atoms with Gasteiger partial charge in [0.15, 0.2) is 0 Å². The molecule has 6 nitrogen and oxygen atoms in total. The summed E-state index contributed by atoms with van der Waals surface area (Å²) >= 11 is 1.55. The highest BCUT2D eigenvalue weighted by Crippen LogP contribution is 2.13. The molecule has 2 aromatic rings. The molecular weight excluding hydrogens is 407 g/mol. The predicted molar refractivity (Wildman–Crippen MR) is 114 cm³/mol. The summed E-state index contributed by atoms with van der Waals surface area (Å²) in [7, 11) is 0. The second-order valence-corrected chi connectivity index (χ2v) is 7.65. The molecule has 1 saturated heterocycles. The van der Waals surface area contributed by atoms with Crippen molar-refractivity contribution in [1.82, 2.24) is 20.2 Å². The van der Waals surface area contributed by atoms with E-state index in [1.165, 1.54) is 0 Å². The van der Waals surface area contributed by atoms with E-state index in [2.05, 4.69) is 15.6 Å². The summed E-state index contributed by atoms with van der Waals surface area (Å²) in [6.07, 6.45) is 4.04. The van der Waals surface area contributed by atoms with E-state index in [0.717, 1.165) is 36.6 Å². The Balaban J connectivity index is 0.00000182. The Morgan fingerprint density at radius 3 is 2.81 bits per heavy atom. The Bertz CT molecular complexity index is 816. The Morgan fingerprint density at radius 2 is 2.19 bits per heavy atom. The molecule has 1 fully saturated rings. The SMILES string of the molecule is Cc1nc(CNC(=O)c2c(C)ccn(CC3CCCNC3)c2=O)cs1.Cl.Cl. The highest BCUT2D eigenvalue weighted by atomic mass is 35.5. The monoisotopic (exact) mass is 432 g/mol. The largest absolute Gasteiger partial charge is 0.346 e. The van der Waals surface area contributed by atoms with Gasteiger partial charge in [-0.15, -0.1) is 36.2 Å². The molecule has 1 atom stereocenters. The standard InChI is InChI=1S/C18H24N4O2S.2ClH/c1-12-5-7-22(10-14-4-3-6-19-8-14)18(24)16(12)17(23)20-9-15-11-25-13(2)21-15;;/h5,7,11,14,19H,3-4,6,8-10H2,1-2H3,(H,20,23);2*1H. The van der Waals surface area contributed by atoms with Gasteiger partial charge in [-0.05, 0) is 57.3 Å². The summed E-state index contributed by atoms with van der Waals surface area (Å²) in [4.78, 5) is 29.7. The minimum atomic E-state index is -0.329. The maximum absolute atomic E-state index is 12.8. The number of carbonyl (C=O) groups excluding carboxylic acids is 1. The quantitative estimate of drug-likeness (QED) is 0.761.